The van der Waals surface area contributed by atoms with Crippen molar-refractivity contribution in [2.75, 3.05) is 11.9 Å². The average Bonchev–Trinajstić information content (AvgIpc) is 2.79. The lowest BCUT2D eigenvalue weighted by molar-refractivity contribution is 0.0608. The number of Topliss-reactive ketones (excluding diaryl/α,β-unsaturated/α-hetero) is 1. The summed E-state index contributed by atoms with van der Waals surface area (Å²) < 4.78 is 0. The number of pyridine rings is 2. The zero-order valence-corrected chi connectivity index (χ0v) is 18.3. The zero-order valence-electron chi connectivity index (χ0n) is 18.3. The minimum absolute atomic E-state index is 0.00406. The standard InChI is InChI=1S/C25H28N4O2/c1-4-20-7-5-6-14-29(20)25(31)22-15-26-24-21(13-8-16(2)27-24)23(22)28-19-11-9-18(10-12-19)17(3)30/h8-13,15,20H,4-7,14H2,1-3H3,(H,26,27,28)/t20-/m0/s1. The molecule has 6 nitrogen and oxygen atoms in total. The number of aryl methyl sites for hydroxylation is 1. The molecular weight excluding hydrogens is 388 g/mol. The molecule has 1 aliphatic heterocycles. The summed E-state index contributed by atoms with van der Waals surface area (Å²) in [5, 5.41) is 4.22. The second-order valence-corrected chi connectivity index (χ2v) is 8.19. The average molecular weight is 417 g/mol. The van der Waals surface area contributed by atoms with E-state index in [0.717, 1.165) is 49.0 Å². The van der Waals surface area contributed by atoms with Gasteiger partial charge in [-0.15, -0.1) is 0 Å². The number of rotatable bonds is 5. The summed E-state index contributed by atoms with van der Waals surface area (Å²) in [6.07, 6.45) is 5.82. The van der Waals surface area contributed by atoms with Crippen molar-refractivity contribution in [1.82, 2.24) is 14.9 Å². The summed E-state index contributed by atoms with van der Waals surface area (Å²) in [6, 6.07) is 11.4. The van der Waals surface area contributed by atoms with Crippen LogP contribution in [-0.2, 0) is 0 Å². The fourth-order valence-electron chi connectivity index (χ4n) is 4.25. The first-order valence-corrected chi connectivity index (χ1v) is 10.9. The fraction of sp³-hybridized carbons (Fsp3) is 0.360. The third-order valence-electron chi connectivity index (χ3n) is 6.02. The van der Waals surface area contributed by atoms with Gasteiger partial charge in [0.05, 0.1) is 11.3 Å². The molecule has 2 aromatic heterocycles. The Morgan fingerprint density at radius 3 is 2.61 bits per heavy atom. The SMILES string of the molecule is CC[C@H]1CCCCN1C(=O)c1cnc2nc(C)ccc2c1Nc1ccc(C(C)=O)cc1. The molecule has 0 bridgehead atoms. The van der Waals surface area contributed by atoms with Crippen LogP contribution < -0.4 is 5.32 Å². The van der Waals surface area contributed by atoms with Gasteiger partial charge in [-0.1, -0.05) is 6.92 Å². The smallest absolute Gasteiger partial charge is 0.257 e. The molecule has 0 spiro atoms. The first-order valence-electron chi connectivity index (χ1n) is 10.9. The highest BCUT2D eigenvalue weighted by Crippen LogP contribution is 2.31. The van der Waals surface area contributed by atoms with Crippen LogP contribution in [-0.4, -0.2) is 39.1 Å². The monoisotopic (exact) mass is 416 g/mol. The van der Waals surface area contributed by atoms with Crippen molar-refractivity contribution in [2.24, 2.45) is 0 Å². The molecule has 1 amide bonds. The number of fused-ring (bicyclic) bond motifs is 1. The number of carbonyl (C=O) groups excluding carboxylic acids is 2. The minimum Gasteiger partial charge on any atom is -0.354 e. The van der Waals surface area contributed by atoms with Gasteiger partial charge >= 0.3 is 0 Å². The Bertz CT molecular complexity index is 1120. The van der Waals surface area contributed by atoms with Crippen molar-refractivity contribution in [1.29, 1.82) is 0 Å². The minimum atomic E-state index is 0.00406. The van der Waals surface area contributed by atoms with E-state index in [1.165, 1.54) is 0 Å². The molecule has 1 fully saturated rings. The van der Waals surface area contributed by atoms with Crippen LogP contribution in [0.2, 0.25) is 0 Å². The Morgan fingerprint density at radius 1 is 1.13 bits per heavy atom. The number of likely N-dealkylation sites (tertiary alicyclic amines) is 1. The van der Waals surface area contributed by atoms with Crippen LogP contribution in [0.3, 0.4) is 0 Å². The van der Waals surface area contributed by atoms with Gasteiger partial charge in [0.15, 0.2) is 11.4 Å². The molecule has 1 aliphatic rings. The number of nitrogens with zero attached hydrogens (tertiary/aromatic N) is 3. The molecule has 160 valence electrons. The molecule has 1 aromatic carbocycles. The van der Waals surface area contributed by atoms with Gasteiger partial charge in [0.25, 0.3) is 5.91 Å². The molecular formula is C25H28N4O2. The van der Waals surface area contributed by atoms with Gasteiger partial charge in [-0.05, 0) is 75.9 Å². The Hall–Kier alpha value is -3.28. The summed E-state index contributed by atoms with van der Waals surface area (Å²) in [4.78, 5) is 36.3. The number of carbonyl (C=O) groups is 2. The molecule has 3 heterocycles. The molecule has 0 unspecified atom stereocenters. The van der Waals surface area contributed by atoms with E-state index < -0.39 is 0 Å². The van der Waals surface area contributed by atoms with E-state index in [1.807, 2.05) is 36.1 Å². The highest BCUT2D eigenvalue weighted by Gasteiger charge is 2.28. The molecule has 0 saturated carbocycles. The summed E-state index contributed by atoms with van der Waals surface area (Å²) in [5.41, 5.74) is 4.19. The number of amides is 1. The third-order valence-corrected chi connectivity index (χ3v) is 6.02. The predicted molar refractivity (Wildman–Crippen MR) is 123 cm³/mol. The lowest BCUT2D eigenvalue weighted by Crippen LogP contribution is -2.43. The molecule has 1 N–H and O–H groups in total. The molecule has 0 aliphatic carbocycles. The van der Waals surface area contributed by atoms with Crippen LogP contribution in [0.4, 0.5) is 11.4 Å². The molecule has 3 aromatic rings. The van der Waals surface area contributed by atoms with Crippen molar-refractivity contribution in [3.8, 4) is 0 Å². The van der Waals surface area contributed by atoms with Crippen molar-refractivity contribution >= 4 is 34.1 Å². The lowest BCUT2D eigenvalue weighted by Gasteiger charge is -2.35. The van der Waals surface area contributed by atoms with E-state index in [-0.39, 0.29) is 17.7 Å². The van der Waals surface area contributed by atoms with E-state index in [1.54, 1.807) is 25.3 Å². The Labute approximate surface area is 182 Å². The maximum absolute atomic E-state index is 13.6. The first-order chi connectivity index (χ1) is 15.0. The number of aromatic nitrogens is 2. The van der Waals surface area contributed by atoms with Crippen molar-refractivity contribution in [3.05, 3.63) is 59.4 Å². The van der Waals surface area contributed by atoms with Crippen LogP contribution in [0, 0.1) is 6.92 Å². The second kappa shape index (κ2) is 8.84. The Balaban J connectivity index is 1.78. The van der Waals surface area contributed by atoms with Gasteiger partial charge in [0, 0.05) is 41.1 Å². The normalized spacial score (nSPS) is 16.4. The molecule has 6 heteroatoms. The molecule has 1 atom stereocenters. The predicted octanol–water partition coefficient (Wildman–Crippen LogP) is 5.29. The van der Waals surface area contributed by atoms with E-state index in [4.69, 9.17) is 0 Å². The third kappa shape index (κ3) is 4.29. The lowest BCUT2D eigenvalue weighted by atomic mass is 9.98. The summed E-state index contributed by atoms with van der Waals surface area (Å²) in [7, 11) is 0. The number of hydrogen-bond acceptors (Lipinski definition) is 5. The highest BCUT2D eigenvalue weighted by atomic mass is 16.2. The molecule has 1 saturated heterocycles. The van der Waals surface area contributed by atoms with Crippen LogP contribution >= 0.6 is 0 Å². The largest absolute Gasteiger partial charge is 0.354 e. The van der Waals surface area contributed by atoms with Gasteiger partial charge < -0.3 is 10.2 Å². The van der Waals surface area contributed by atoms with Crippen LogP contribution in [0.25, 0.3) is 11.0 Å². The zero-order chi connectivity index (χ0) is 22.0. The maximum Gasteiger partial charge on any atom is 0.257 e. The number of anilines is 2. The summed E-state index contributed by atoms with van der Waals surface area (Å²) in [6.45, 7) is 6.38. The first kappa shape index (κ1) is 21.0. The summed E-state index contributed by atoms with van der Waals surface area (Å²) in [5.74, 6) is 0.0246. The molecule has 0 radical (unpaired) electrons. The van der Waals surface area contributed by atoms with Crippen LogP contribution in [0.1, 0.15) is 65.9 Å². The number of benzene rings is 1. The number of ketones is 1. The topological polar surface area (TPSA) is 75.2 Å². The van der Waals surface area contributed by atoms with Crippen molar-refractivity contribution < 1.29 is 9.59 Å². The van der Waals surface area contributed by atoms with Crippen LogP contribution in [0.5, 0.6) is 0 Å². The van der Waals surface area contributed by atoms with Gasteiger partial charge in [-0.2, -0.15) is 0 Å². The van der Waals surface area contributed by atoms with E-state index >= 15 is 0 Å². The van der Waals surface area contributed by atoms with E-state index in [0.29, 0.717) is 22.5 Å². The molecule has 31 heavy (non-hydrogen) atoms. The van der Waals surface area contributed by atoms with Gasteiger partial charge in [0.2, 0.25) is 0 Å². The Kier molecular flexibility index (Phi) is 5.98. The van der Waals surface area contributed by atoms with Crippen LogP contribution in [0.15, 0.2) is 42.6 Å². The van der Waals surface area contributed by atoms with Gasteiger partial charge in [-0.3, -0.25) is 9.59 Å². The number of hydrogen-bond donors (Lipinski definition) is 1. The van der Waals surface area contributed by atoms with Crippen molar-refractivity contribution in [3.63, 3.8) is 0 Å². The number of piperidine rings is 1. The van der Waals surface area contributed by atoms with Crippen molar-refractivity contribution in [2.45, 2.75) is 52.5 Å². The number of nitrogens with one attached hydrogen (secondary N) is 1. The highest BCUT2D eigenvalue weighted by molar-refractivity contribution is 6.07. The van der Waals surface area contributed by atoms with E-state index in [2.05, 4.69) is 22.2 Å². The fourth-order valence-corrected chi connectivity index (χ4v) is 4.25. The van der Waals surface area contributed by atoms with Gasteiger partial charge in [-0.25, -0.2) is 9.97 Å². The second-order valence-electron chi connectivity index (χ2n) is 8.19. The van der Waals surface area contributed by atoms with E-state index in [9.17, 15) is 9.59 Å². The quantitative estimate of drug-likeness (QED) is 0.572. The Morgan fingerprint density at radius 2 is 1.90 bits per heavy atom. The maximum atomic E-state index is 13.6. The molecule has 4 rings (SSSR count). The van der Waals surface area contributed by atoms with Gasteiger partial charge in [0.1, 0.15) is 0 Å². The summed E-state index contributed by atoms with van der Waals surface area (Å²) >= 11 is 0.